The minimum Gasteiger partial charge on any atom is -0.326 e. The lowest BCUT2D eigenvalue weighted by Crippen LogP contribution is -2.30. The molecule has 1 unspecified atom stereocenters. The Balaban J connectivity index is 2.04. The Labute approximate surface area is 224 Å². The Morgan fingerprint density at radius 2 is 1.97 bits per heavy atom. The van der Waals surface area contributed by atoms with Gasteiger partial charge in [0.25, 0.3) is 0 Å². The van der Waals surface area contributed by atoms with Crippen molar-refractivity contribution in [1.82, 2.24) is 5.32 Å². The molecule has 1 aromatic rings. The van der Waals surface area contributed by atoms with Crippen molar-refractivity contribution in [3.05, 3.63) is 89.2 Å². The number of amides is 1. The average molecular weight is 498 g/mol. The maximum atomic E-state index is 12.7. The summed E-state index contributed by atoms with van der Waals surface area (Å²) in [6.07, 6.45) is 13.2. The predicted molar refractivity (Wildman–Crippen MR) is 160 cm³/mol. The third-order valence-corrected chi connectivity index (χ3v) is 6.31. The number of rotatable bonds is 12. The van der Waals surface area contributed by atoms with Crippen LogP contribution in [0.2, 0.25) is 0 Å². The SMILES string of the molecule is C=C/C(=C\C=C(/C)C1CC1)CC(=O)Nc1ccc(C)c([C@H](C)NC(C)C=N/C(=C/C#CCC)C(=C)C)c1. The molecule has 0 aliphatic heterocycles. The molecule has 1 aliphatic rings. The van der Waals surface area contributed by atoms with Crippen molar-refractivity contribution in [1.29, 1.82) is 0 Å². The zero-order valence-corrected chi connectivity index (χ0v) is 23.4. The van der Waals surface area contributed by atoms with Gasteiger partial charge in [0.1, 0.15) is 0 Å². The van der Waals surface area contributed by atoms with E-state index >= 15 is 0 Å². The highest BCUT2D eigenvalue weighted by atomic mass is 16.1. The van der Waals surface area contributed by atoms with Crippen molar-refractivity contribution in [2.75, 3.05) is 5.32 Å². The maximum Gasteiger partial charge on any atom is 0.228 e. The van der Waals surface area contributed by atoms with Gasteiger partial charge in [-0.1, -0.05) is 61.8 Å². The van der Waals surface area contributed by atoms with E-state index in [-0.39, 0.29) is 18.0 Å². The van der Waals surface area contributed by atoms with Crippen LogP contribution in [0.15, 0.2) is 83.1 Å². The Hall–Kier alpha value is -3.42. The van der Waals surface area contributed by atoms with E-state index in [0.29, 0.717) is 6.42 Å². The first-order valence-corrected chi connectivity index (χ1v) is 13.2. The van der Waals surface area contributed by atoms with Gasteiger partial charge in [0, 0.05) is 36.5 Å². The molecule has 2 N–H and O–H groups in total. The lowest BCUT2D eigenvalue weighted by atomic mass is 10.0. The van der Waals surface area contributed by atoms with Gasteiger partial charge < -0.3 is 10.6 Å². The van der Waals surface area contributed by atoms with Crippen molar-refractivity contribution in [3.63, 3.8) is 0 Å². The Morgan fingerprint density at radius 3 is 2.59 bits per heavy atom. The number of hydrogen-bond acceptors (Lipinski definition) is 3. The fraction of sp³-hybridized carbons (Fsp3) is 0.394. The highest BCUT2D eigenvalue weighted by Gasteiger charge is 2.22. The number of carbonyl (C=O) groups is 1. The van der Waals surface area contributed by atoms with Gasteiger partial charge in [-0.15, -0.1) is 0 Å². The smallest absolute Gasteiger partial charge is 0.228 e. The first kappa shape index (κ1) is 29.8. The summed E-state index contributed by atoms with van der Waals surface area (Å²) in [7, 11) is 0. The summed E-state index contributed by atoms with van der Waals surface area (Å²) in [5, 5.41) is 6.63. The van der Waals surface area contributed by atoms with Crippen LogP contribution in [-0.2, 0) is 4.79 Å². The predicted octanol–water partition coefficient (Wildman–Crippen LogP) is 7.78. The Kier molecular flexibility index (Phi) is 12.1. The minimum atomic E-state index is -0.0511. The molecule has 0 heterocycles. The highest BCUT2D eigenvalue weighted by molar-refractivity contribution is 5.92. The monoisotopic (exact) mass is 497 g/mol. The summed E-state index contributed by atoms with van der Waals surface area (Å²) < 4.78 is 0. The van der Waals surface area contributed by atoms with E-state index in [1.807, 2.05) is 50.4 Å². The van der Waals surface area contributed by atoms with E-state index in [9.17, 15) is 4.79 Å². The van der Waals surface area contributed by atoms with Gasteiger partial charge in [-0.2, -0.15) is 0 Å². The van der Waals surface area contributed by atoms with E-state index in [0.717, 1.165) is 46.0 Å². The molecule has 0 aromatic heterocycles. The molecule has 0 spiro atoms. The molecule has 0 radical (unpaired) electrons. The molecule has 37 heavy (non-hydrogen) atoms. The number of nitrogens with zero attached hydrogens (tertiary/aromatic N) is 1. The molecule has 1 fully saturated rings. The summed E-state index contributed by atoms with van der Waals surface area (Å²) in [5.41, 5.74) is 7.03. The van der Waals surface area contributed by atoms with Crippen LogP contribution >= 0.6 is 0 Å². The largest absolute Gasteiger partial charge is 0.326 e. The van der Waals surface area contributed by atoms with Crippen LogP contribution in [0.4, 0.5) is 5.69 Å². The van der Waals surface area contributed by atoms with Crippen molar-refractivity contribution in [3.8, 4) is 11.8 Å². The third kappa shape index (κ3) is 10.6. The molecule has 0 saturated heterocycles. The number of anilines is 1. The fourth-order valence-corrected chi connectivity index (χ4v) is 3.90. The van der Waals surface area contributed by atoms with Gasteiger partial charge in [0.2, 0.25) is 5.91 Å². The summed E-state index contributed by atoms with van der Waals surface area (Å²) >= 11 is 0. The van der Waals surface area contributed by atoms with Gasteiger partial charge >= 0.3 is 0 Å². The second-order valence-electron chi connectivity index (χ2n) is 9.87. The number of aliphatic imine (C=N–C) groups is 1. The van der Waals surface area contributed by atoms with Gasteiger partial charge in [-0.3, -0.25) is 9.79 Å². The summed E-state index contributed by atoms with van der Waals surface area (Å²) in [6.45, 7) is 20.3. The lowest BCUT2D eigenvalue weighted by Gasteiger charge is -2.20. The summed E-state index contributed by atoms with van der Waals surface area (Å²) in [5.74, 6) is 6.72. The minimum absolute atomic E-state index is 0.0296. The molecule has 1 amide bonds. The molecule has 2 rings (SSSR count). The lowest BCUT2D eigenvalue weighted by molar-refractivity contribution is -0.115. The van der Waals surface area contributed by atoms with E-state index < -0.39 is 0 Å². The molecule has 1 aliphatic carbocycles. The summed E-state index contributed by atoms with van der Waals surface area (Å²) in [6, 6.07) is 6.13. The number of benzene rings is 1. The van der Waals surface area contributed by atoms with Gasteiger partial charge in [0.15, 0.2) is 0 Å². The number of nitrogens with one attached hydrogen (secondary N) is 2. The van der Waals surface area contributed by atoms with Crippen molar-refractivity contribution in [2.45, 2.75) is 79.3 Å². The number of carbonyl (C=O) groups excluding carboxylic acids is 1. The van der Waals surface area contributed by atoms with E-state index in [2.05, 4.69) is 74.4 Å². The third-order valence-electron chi connectivity index (χ3n) is 6.31. The normalized spacial score (nSPS) is 16.1. The van der Waals surface area contributed by atoms with Crippen LogP contribution in [0.25, 0.3) is 0 Å². The fourth-order valence-electron chi connectivity index (χ4n) is 3.90. The van der Waals surface area contributed by atoms with Gasteiger partial charge in [-0.25, -0.2) is 0 Å². The quantitative estimate of drug-likeness (QED) is 0.176. The molecule has 196 valence electrons. The Bertz CT molecular complexity index is 1170. The molecule has 2 atom stereocenters. The van der Waals surface area contributed by atoms with Crippen molar-refractivity contribution >= 4 is 17.8 Å². The van der Waals surface area contributed by atoms with Crippen LogP contribution in [0.1, 0.15) is 77.5 Å². The second kappa shape index (κ2) is 15.0. The molecular weight excluding hydrogens is 454 g/mol. The number of aryl methyl sites for hydroxylation is 1. The second-order valence-corrected chi connectivity index (χ2v) is 9.87. The zero-order chi connectivity index (χ0) is 27.4. The maximum absolute atomic E-state index is 12.7. The van der Waals surface area contributed by atoms with Crippen LogP contribution in [0.3, 0.4) is 0 Å². The van der Waals surface area contributed by atoms with Crippen molar-refractivity contribution < 1.29 is 4.79 Å². The molecule has 4 nitrogen and oxygen atoms in total. The number of allylic oxidation sites excluding steroid dienone is 6. The Morgan fingerprint density at radius 1 is 1.24 bits per heavy atom. The first-order valence-electron chi connectivity index (χ1n) is 13.2. The van der Waals surface area contributed by atoms with E-state index in [1.54, 1.807) is 6.08 Å². The van der Waals surface area contributed by atoms with Crippen LogP contribution in [0.5, 0.6) is 0 Å². The van der Waals surface area contributed by atoms with Gasteiger partial charge in [0.05, 0.1) is 12.1 Å². The van der Waals surface area contributed by atoms with Crippen molar-refractivity contribution in [2.24, 2.45) is 10.9 Å². The number of hydrogen-bond donors (Lipinski definition) is 2. The van der Waals surface area contributed by atoms with Crippen LogP contribution < -0.4 is 10.6 Å². The molecule has 4 heteroatoms. The molecule has 1 aromatic carbocycles. The van der Waals surface area contributed by atoms with Crippen LogP contribution in [-0.4, -0.2) is 18.2 Å². The topological polar surface area (TPSA) is 53.5 Å². The average Bonchev–Trinajstić information content (AvgIpc) is 3.70. The molecular formula is C33H43N3O. The van der Waals surface area contributed by atoms with Crippen LogP contribution in [0, 0.1) is 24.7 Å². The molecule has 0 bridgehead atoms. The first-order chi connectivity index (χ1) is 17.6. The van der Waals surface area contributed by atoms with E-state index in [4.69, 9.17) is 0 Å². The highest BCUT2D eigenvalue weighted by Crippen LogP contribution is 2.36. The van der Waals surface area contributed by atoms with E-state index in [1.165, 1.54) is 18.4 Å². The molecule has 1 saturated carbocycles. The van der Waals surface area contributed by atoms with Gasteiger partial charge in [-0.05, 0) is 87.8 Å². The zero-order valence-electron chi connectivity index (χ0n) is 23.4. The standard InChI is InChI=1S/C33H43N3O/c1-9-11-12-13-32(23(3)4)34-22-26(7)35-27(8)31-21-30(19-15-25(31)6)36-33(37)20-28(10-2)16-14-24(5)29-17-18-29/h10,13-16,19,21-22,26-27,29,35H,2-3,9,17-18,20H2,1,4-8H3,(H,36,37)/b24-14+,28-16+,32-13+,34-22?/t26?,27-/m0/s1. The summed E-state index contributed by atoms with van der Waals surface area (Å²) in [4.78, 5) is 17.3.